The zero-order valence-electron chi connectivity index (χ0n) is 10.9. The van der Waals surface area contributed by atoms with Crippen molar-refractivity contribution in [3.05, 3.63) is 36.9 Å². The highest BCUT2D eigenvalue weighted by Crippen LogP contribution is 2.34. The van der Waals surface area contributed by atoms with Crippen molar-refractivity contribution in [3.63, 3.8) is 0 Å². The van der Waals surface area contributed by atoms with E-state index in [-0.39, 0.29) is 31.7 Å². The summed E-state index contributed by atoms with van der Waals surface area (Å²) in [6.45, 7) is 0.502. The molecule has 20 heavy (non-hydrogen) atoms. The number of aryl methyl sites for hydroxylation is 1. The first-order valence-electron chi connectivity index (χ1n) is 5.91. The Kier molecular flexibility index (Phi) is 4.14. The van der Waals surface area contributed by atoms with Gasteiger partial charge in [0, 0.05) is 11.8 Å². The Morgan fingerprint density at radius 2 is 2.20 bits per heavy atom. The monoisotopic (exact) mass is 295 g/mol. The van der Waals surface area contributed by atoms with Crippen LogP contribution in [-0.2, 0) is 18.4 Å². The lowest BCUT2D eigenvalue weighted by molar-refractivity contribution is -0.671. The van der Waals surface area contributed by atoms with Crippen LogP contribution in [0.25, 0.3) is 0 Å². The third-order valence-corrected chi connectivity index (χ3v) is 2.81. The van der Waals surface area contributed by atoms with E-state index in [0.29, 0.717) is 17.2 Å². The number of hydrogen-bond acceptors (Lipinski definition) is 3. The molecule has 1 aliphatic heterocycles. The lowest BCUT2D eigenvalue weighted by Crippen LogP contribution is -3.00. The number of hydrogen-bond donors (Lipinski definition) is 1. The molecule has 6 nitrogen and oxygen atoms in total. The molecule has 7 heteroatoms. The van der Waals surface area contributed by atoms with E-state index in [1.54, 1.807) is 18.2 Å². The van der Waals surface area contributed by atoms with Crippen molar-refractivity contribution in [2.45, 2.75) is 6.54 Å². The quantitative estimate of drug-likeness (QED) is 0.647. The molecule has 0 saturated carbocycles. The van der Waals surface area contributed by atoms with Gasteiger partial charge in [-0.3, -0.25) is 4.79 Å². The summed E-state index contributed by atoms with van der Waals surface area (Å²) < 4.78 is 14.2. The number of fused-ring (bicyclic) bond motifs is 1. The van der Waals surface area contributed by atoms with Gasteiger partial charge in [-0.2, -0.15) is 0 Å². The molecule has 0 radical (unpaired) electrons. The Balaban J connectivity index is 0.00000147. The van der Waals surface area contributed by atoms with E-state index in [1.165, 1.54) is 0 Å². The van der Waals surface area contributed by atoms with Gasteiger partial charge in [0.05, 0.1) is 7.05 Å². The molecule has 2 heterocycles. The fraction of sp³-hybridized carbons (Fsp3) is 0.231. The predicted molar refractivity (Wildman–Crippen MR) is 66.8 cm³/mol. The van der Waals surface area contributed by atoms with Crippen LogP contribution >= 0.6 is 0 Å². The highest BCUT2D eigenvalue weighted by molar-refractivity contribution is 5.90. The van der Waals surface area contributed by atoms with Crippen LogP contribution in [0.5, 0.6) is 11.5 Å². The standard InChI is InChI=1S/C13H13N3O3.ClH/c1-15-4-5-16(8-15)7-13(17)14-10-2-3-11-12(6-10)19-9-18-11;/h2-6,8H,7,9H2,1H3;1H. The van der Waals surface area contributed by atoms with Crippen molar-refractivity contribution >= 4 is 11.6 Å². The average Bonchev–Trinajstić information content (AvgIpc) is 2.97. The second-order valence-electron chi connectivity index (χ2n) is 4.37. The van der Waals surface area contributed by atoms with Gasteiger partial charge in [-0.25, -0.2) is 9.13 Å². The second-order valence-corrected chi connectivity index (χ2v) is 4.37. The van der Waals surface area contributed by atoms with Crippen molar-refractivity contribution in [2.24, 2.45) is 7.05 Å². The number of anilines is 1. The van der Waals surface area contributed by atoms with Crippen LogP contribution in [0, 0.1) is 0 Å². The Morgan fingerprint density at radius 3 is 2.95 bits per heavy atom. The molecule has 1 aliphatic rings. The molecule has 1 N–H and O–H groups in total. The first-order chi connectivity index (χ1) is 9.20. The third kappa shape index (κ3) is 3.03. The Labute approximate surface area is 122 Å². The molecular formula is C13H14ClN3O3. The van der Waals surface area contributed by atoms with Crippen LogP contribution in [0.3, 0.4) is 0 Å². The van der Waals surface area contributed by atoms with Crippen LogP contribution in [-0.4, -0.2) is 17.3 Å². The molecule has 0 spiro atoms. The average molecular weight is 296 g/mol. The van der Waals surface area contributed by atoms with Gasteiger partial charge in [-0.15, -0.1) is 0 Å². The summed E-state index contributed by atoms with van der Waals surface area (Å²) in [4.78, 5) is 11.9. The molecule has 1 amide bonds. The number of halogens is 1. The first kappa shape index (κ1) is 14.2. The number of amides is 1. The molecule has 2 aromatic rings. The molecule has 1 aromatic heterocycles. The zero-order chi connectivity index (χ0) is 13.2. The van der Waals surface area contributed by atoms with Gasteiger partial charge in [-0.1, -0.05) is 0 Å². The predicted octanol–water partition coefficient (Wildman–Crippen LogP) is -2.32. The first-order valence-corrected chi connectivity index (χ1v) is 5.91. The highest BCUT2D eigenvalue weighted by Gasteiger charge is 2.14. The van der Waals surface area contributed by atoms with Crippen LogP contribution in [0.2, 0.25) is 0 Å². The summed E-state index contributed by atoms with van der Waals surface area (Å²) >= 11 is 0. The van der Waals surface area contributed by atoms with Crippen molar-refractivity contribution in [3.8, 4) is 11.5 Å². The molecule has 0 bridgehead atoms. The minimum Gasteiger partial charge on any atom is -1.00 e. The van der Waals surface area contributed by atoms with Gasteiger partial charge < -0.3 is 27.2 Å². The van der Waals surface area contributed by atoms with E-state index < -0.39 is 0 Å². The van der Waals surface area contributed by atoms with Gasteiger partial charge in [0.15, 0.2) is 18.0 Å². The van der Waals surface area contributed by atoms with Gasteiger partial charge in [0.2, 0.25) is 13.1 Å². The summed E-state index contributed by atoms with van der Waals surface area (Å²) in [5.74, 6) is 1.27. The van der Waals surface area contributed by atoms with Gasteiger partial charge in [-0.05, 0) is 12.1 Å². The van der Waals surface area contributed by atoms with Crippen LogP contribution in [0.4, 0.5) is 5.69 Å². The number of imidazole rings is 1. The SMILES string of the molecule is C[n+]1ccn(CC(=O)Nc2ccc3c(c2)OCO3)c1.[Cl-]. The lowest BCUT2D eigenvalue weighted by Gasteiger charge is -2.04. The maximum atomic E-state index is 11.9. The molecule has 0 aliphatic carbocycles. The minimum absolute atomic E-state index is 0. The number of benzene rings is 1. The van der Waals surface area contributed by atoms with Crippen molar-refractivity contribution in [1.82, 2.24) is 4.57 Å². The van der Waals surface area contributed by atoms with Crippen LogP contribution < -0.4 is 31.8 Å². The van der Waals surface area contributed by atoms with E-state index in [2.05, 4.69) is 5.32 Å². The summed E-state index contributed by atoms with van der Waals surface area (Å²) in [7, 11) is 1.91. The van der Waals surface area contributed by atoms with E-state index in [1.807, 2.05) is 34.9 Å². The number of carbonyl (C=O) groups is 1. The Morgan fingerprint density at radius 1 is 1.40 bits per heavy atom. The third-order valence-electron chi connectivity index (χ3n) is 2.81. The van der Waals surface area contributed by atoms with Gasteiger partial charge in [0.25, 0.3) is 5.91 Å². The van der Waals surface area contributed by atoms with E-state index in [4.69, 9.17) is 9.47 Å². The van der Waals surface area contributed by atoms with Crippen LogP contribution in [0.15, 0.2) is 36.9 Å². The zero-order valence-corrected chi connectivity index (χ0v) is 11.6. The molecule has 0 saturated heterocycles. The maximum absolute atomic E-state index is 11.9. The highest BCUT2D eigenvalue weighted by atomic mass is 35.5. The van der Waals surface area contributed by atoms with Crippen LogP contribution in [0.1, 0.15) is 0 Å². The fourth-order valence-electron chi connectivity index (χ4n) is 1.94. The molecule has 0 atom stereocenters. The van der Waals surface area contributed by atoms with Crippen molar-refractivity contribution in [1.29, 1.82) is 0 Å². The maximum Gasteiger partial charge on any atom is 0.266 e. The molecular weight excluding hydrogens is 282 g/mol. The van der Waals surface area contributed by atoms with E-state index in [9.17, 15) is 4.79 Å². The molecule has 1 aromatic carbocycles. The molecule has 0 fully saturated rings. The number of nitrogens with one attached hydrogen (secondary N) is 1. The van der Waals surface area contributed by atoms with E-state index in [0.717, 1.165) is 0 Å². The number of ether oxygens (including phenoxy) is 2. The minimum atomic E-state index is -0.0879. The van der Waals surface area contributed by atoms with Gasteiger partial charge in [0.1, 0.15) is 12.4 Å². The Hall–Kier alpha value is -2.21. The largest absolute Gasteiger partial charge is 1.00 e. The molecule has 3 rings (SSSR count). The number of carbonyl (C=O) groups excluding carboxylic acids is 1. The van der Waals surface area contributed by atoms with Crippen molar-refractivity contribution in [2.75, 3.05) is 12.1 Å². The number of nitrogens with zero attached hydrogens (tertiary/aromatic N) is 2. The van der Waals surface area contributed by atoms with Gasteiger partial charge >= 0.3 is 0 Å². The second kappa shape index (κ2) is 5.83. The normalized spacial score (nSPS) is 11.8. The summed E-state index contributed by atoms with van der Waals surface area (Å²) in [6, 6.07) is 5.34. The van der Waals surface area contributed by atoms with Crippen molar-refractivity contribution < 1.29 is 31.2 Å². The topological polar surface area (TPSA) is 56.4 Å². The fourth-order valence-corrected chi connectivity index (χ4v) is 1.94. The number of aromatic nitrogens is 2. The van der Waals surface area contributed by atoms with E-state index >= 15 is 0 Å². The Bertz CT molecular complexity index is 627. The summed E-state index contributed by atoms with van der Waals surface area (Å²) in [6.07, 6.45) is 5.58. The molecule has 106 valence electrons. The summed E-state index contributed by atoms with van der Waals surface area (Å²) in [5, 5.41) is 2.82. The smallest absolute Gasteiger partial charge is 0.266 e. The molecule has 0 unspecified atom stereocenters. The number of rotatable bonds is 3. The lowest BCUT2D eigenvalue weighted by atomic mass is 10.3. The summed E-state index contributed by atoms with van der Waals surface area (Å²) in [5.41, 5.74) is 0.700.